The highest BCUT2D eigenvalue weighted by Gasteiger charge is 2.21. The van der Waals surface area contributed by atoms with Gasteiger partial charge in [0.05, 0.1) is 11.4 Å². The van der Waals surface area contributed by atoms with Crippen molar-refractivity contribution in [3.63, 3.8) is 0 Å². The number of para-hydroxylation sites is 2. The zero-order valence-corrected chi connectivity index (χ0v) is 11.6. The third-order valence-corrected chi connectivity index (χ3v) is 3.92. The molecule has 0 aromatic heterocycles. The van der Waals surface area contributed by atoms with Crippen LogP contribution < -0.4 is 10.6 Å². The molecule has 0 bridgehead atoms. The largest absolute Gasteiger partial charge is 0.397 e. The topological polar surface area (TPSA) is 32.5 Å². The molecule has 1 aromatic carbocycles. The van der Waals surface area contributed by atoms with Crippen LogP contribution in [0.4, 0.5) is 11.4 Å². The summed E-state index contributed by atoms with van der Waals surface area (Å²) in [6, 6.07) is 8.89. The number of rotatable bonds is 4. The van der Waals surface area contributed by atoms with Crippen molar-refractivity contribution in [1.82, 2.24) is 4.90 Å². The van der Waals surface area contributed by atoms with E-state index in [1.54, 1.807) is 0 Å². The van der Waals surface area contributed by atoms with Gasteiger partial charge in [-0.05, 0) is 25.5 Å². The lowest BCUT2D eigenvalue weighted by molar-refractivity contribution is 0.188. The molecular formula is C15H25N3. The van der Waals surface area contributed by atoms with E-state index in [-0.39, 0.29) is 0 Å². The van der Waals surface area contributed by atoms with Gasteiger partial charge in [0.1, 0.15) is 0 Å². The molecule has 1 saturated heterocycles. The molecule has 1 aromatic rings. The average Bonchev–Trinajstić information content (AvgIpc) is 2.40. The minimum atomic E-state index is 0.713. The van der Waals surface area contributed by atoms with Crippen molar-refractivity contribution < 1.29 is 0 Å². The molecule has 2 N–H and O–H groups in total. The van der Waals surface area contributed by atoms with E-state index < -0.39 is 0 Å². The number of nitrogen functional groups attached to an aromatic ring is 1. The number of anilines is 2. The SMILES string of the molecule is CCCC(C)N1CCN(c2ccccc2N)CC1. The second-order valence-electron chi connectivity index (χ2n) is 5.22. The zero-order chi connectivity index (χ0) is 13.0. The fourth-order valence-electron chi connectivity index (χ4n) is 2.78. The Labute approximate surface area is 111 Å². The number of piperazine rings is 1. The van der Waals surface area contributed by atoms with Gasteiger partial charge in [-0.2, -0.15) is 0 Å². The summed E-state index contributed by atoms with van der Waals surface area (Å²) < 4.78 is 0. The molecule has 1 heterocycles. The summed E-state index contributed by atoms with van der Waals surface area (Å²) in [6.45, 7) is 9.07. The summed E-state index contributed by atoms with van der Waals surface area (Å²) in [5, 5.41) is 0. The summed E-state index contributed by atoms with van der Waals surface area (Å²) >= 11 is 0. The van der Waals surface area contributed by atoms with Crippen molar-refractivity contribution >= 4 is 11.4 Å². The summed E-state index contributed by atoms with van der Waals surface area (Å²) in [6.07, 6.45) is 2.57. The lowest BCUT2D eigenvalue weighted by Gasteiger charge is -2.39. The molecule has 0 radical (unpaired) electrons. The molecule has 0 saturated carbocycles. The summed E-state index contributed by atoms with van der Waals surface area (Å²) in [5.41, 5.74) is 8.13. The van der Waals surface area contributed by atoms with E-state index in [1.807, 2.05) is 12.1 Å². The fourth-order valence-corrected chi connectivity index (χ4v) is 2.78. The van der Waals surface area contributed by atoms with Gasteiger partial charge in [0.25, 0.3) is 0 Å². The van der Waals surface area contributed by atoms with Crippen LogP contribution in [-0.4, -0.2) is 37.1 Å². The Morgan fingerprint density at radius 3 is 2.44 bits per heavy atom. The Bertz CT molecular complexity index is 370. The standard InChI is InChI=1S/C15H25N3/c1-3-6-13(2)17-9-11-18(12-10-17)15-8-5-4-7-14(15)16/h4-5,7-8,13H,3,6,9-12,16H2,1-2H3. The molecule has 1 aliphatic rings. The number of nitrogens with two attached hydrogens (primary N) is 1. The zero-order valence-electron chi connectivity index (χ0n) is 11.6. The van der Waals surface area contributed by atoms with E-state index in [4.69, 9.17) is 5.73 Å². The number of nitrogens with zero attached hydrogens (tertiary/aromatic N) is 2. The van der Waals surface area contributed by atoms with Gasteiger partial charge in [-0.25, -0.2) is 0 Å². The normalized spacial score (nSPS) is 18.9. The van der Waals surface area contributed by atoms with Gasteiger partial charge in [-0.3, -0.25) is 4.90 Å². The molecule has 3 heteroatoms. The maximum Gasteiger partial charge on any atom is 0.0600 e. The van der Waals surface area contributed by atoms with Crippen LogP contribution in [0.3, 0.4) is 0 Å². The highest BCUT2D eigenvalue weighted by Crippen LogP contribution is 2.24. The maximum absolute atomic E-state index is 6.04. The fraction of sp³-hybridized carbons (Fsp3) is 0.600. The minimum absolute atomic E-state index is 0.713. The van der Waals surface area contributed by atoms with Crippen molar-refractivity contribution in [3.8, 4) is 0 Å². The molecule has 0 spiro atoms. The maximum atomic E-state index is 6.04. The number of hydrogen-bond acceptors (Lipinski definition) is 3. The van der Waals surface area contributed by atoms with Gasteiger partial charge in [-0.1, -0.05) is 25.5 Å². The van der Waals surface area contributed by atoms with Gasteiger partial charge in [0.15, 0.2) is 0 Å². The molecular weight excluding hydrogens is 222 g/mol. The molecule has 1 unspecified atom stereocenters. The molecule has 18 heavy (non-hydrogen) atoms. The Hall–Kier alpha value is -1.22. The molecule has 3 nitrogen and oxygen atoms in total. The first-order valence-electron chi connectivity index (χ1n) is 7.06. The van der Waals surface area contributed by atoms with E-state index in [9.17, 15) is 0 Å². The summed E-state index contributed by atoms with van der Waals surface area (Å²) in [7, 11) is 0. The first-order valence-corrected chi connectivity index (χ1v) is 7.06. The van der Waals surface area contributed by atoms with Crippen LogP contribution in [0.2, 0.25) is 0 Å². The van der Waals surface area contributed by atoms with Crippen LogP contribution in [0.5, 0.6) is 0 Å². The molecule has 100 valence electrons. The number of hydrogen-bond donors (Lipinski definition) is 1. The second-order valence-corrected chi connectivity index (χ2v) is 5.22. The van der Waals surface area contributed by atoms with Crippen molar-refractivity contribution in [2.45, 2.75) is 32.7 Å². The first kappa shape index (κ1) is 13.2. The Morgan fingerprint density at radius 1 is 1.17 bits per heavy atom. The van der Waals surface area contributed by atoms with Crippen LogP contribution in [0.1, 0.15) is 26.7 Å². The minimum Gasteiger partial charge on any atom is -0.397 e. The monoisotopic (exact) mass is 247 g/mol. The predicted molar refractivity (Wildman–Crippen MR) is 79.0 cm³/mol. The molecule has 0 amide bonds. The highest BCUT2D eigenvalue weighted by atomic mass is 15.3. The van der Waals surface area contributed by atoms with Crippen LogP contribution in [0, 0.1) is 0 Å². The third kappa shape index (κ3) is 2.96. The van der Waals surface area contributed by atoms with Crippen molar-refractivity contribution in [3.05, 3.63) is 24.3 Å². The smallest absolute Gasteiger partial charge is 0.0600 e. The first-order chi connectivity index (χ1) is 8.72. The van der Waals surface area contributed by atoms with Gasteiger partial charge >= 0.3 is 0 Å². The number of benzene rings is 1. The van der Waals surface area contributed by atoms with E-state index >= 15 is 0 Å². The average molecular weight is 247 g/mol. The molecule has 2 rings (SSSR count). The van der Waals surface area contributed by atoms with Gasteiger partial charge in [0, 0.05) is 32.2 Å². The van der Waals surface area contributed by atoms with E-state index in [0.29, 0.717) is 6.04 Å². The van der Waals surface area contributed by atoms with E-state index in [0.717, 1.165) is 31.9 Å². The van der Waals surface area contributed by atoms with E-state index in [2.05, 4.69) is 35.8 Å². The molecule has 0 aliphatic carbocycles. The van der Waals surface area contributed by atoms with Crippen LogP contribution >= 0.6 is 0 Å². The predicted octanol–water partition coefficient (Wildman–Crippen LogP) is 2.58. The Morgan fingerprint density at radius 2 is 1.83 bits per heavy atom. The quantitative estimate of drug-likeness (QED) is 0.830. The highest BCUT2D eigenvalue weighted by molar-refractivity contribution is 5.67. The third-order valence-electron chi connectivity index (χ3n) is 3.92. The van der Waals surface area contributed by atoms with Crippen molar-refractivity contribution in [2.24, 2.45) is 0 Å². The van der Waals surface area contributed by atoms with Crippen LogP contribution in [0.15, 0.2) is 24.3 Å². The summed E-state index contributed by atoms with van der Waals surface area (Å²) in [5.74, 6) is 0. The molecule has 1 atom stereocenters. The van der Waals surface area contributed by atoms with Crippen LogP contribution in [0.25, 0.3) is 0 Å². The van der Waals surface area contributed by atoms with Crippen LogP contribution in [-0.2, 0) is 0 Å². The molecule has 1 fully saturated rings. The van der Waals surface area contributed by atoms with Crippen molar-refractivity contribution in [1.29, 1.82) is 0 Å². The Balaban J connectivity index is 1.93. The lowest BCUT2D eigenvalue weighted by atomic mass is 10.1. The lowest BCUT2D eigenvalue weighted by Crippen LogP contribution is -2.49. The van der Waals surface area contributed by atoms with Gasteiger partial charge in [0.2, 0.25) is 0 Å². The van der Waals surface area contributed by atoms with E-state index in [1.165, 1.54) is 18.5 Å². The molecule has 1 aliphatic heterocycles. The second kappa shape index (κ2) is 6.10. The summed E-state index contributed by atoms with van der Waals surface area (Å²) in [4.78, 5) is 5.00. The van der Waals surface area contributed by atoms with Gasteiger partial charge in [-0.15, -0.1) is 0 Å². The van der Waals surface area contributed by atoms with Crippen molar-refractivity contribution in [2.75, 3.05) is 36.8 Å². The Kier molecular flexibility index (Phi) is 4.48. The van der Waals surface area contributed by atoms with Gasteiger partial charge < -0.3 is 10.6 Å².